The van der Waals surface area contributed by atoms with Crippen LogP contribution in [0.1, 0.15) is 27.2 Å². The molecule has 3 N–H and O–H groups in total. The minimum Gasteiger partial charge on any atom is -0.335 e. The van der Waals surface area contributed by atoms with E-state index < -0.39 is 0 Å². The van der Waals surface area contributed by atoms with E-state index in [9.17, 15) is 9.59 Å². The Morgan fingerprint density at radius 1 is 1.11 bits per heavy atom. The van der Waals surface area contributed by atoms with Crippen molar-refractivity contribution < 1.29 is 9.59 Å². The van der Waals surface area contributed by atoms with E-state index in [-0.39, 0.29) is 18.0 Å². The Labute approximate surface area is 107 Å². The lowest BCUT2D eigenvalue weighted by atomic mass is 10.2. The molecule has 0 bridgehead atoms. The van der Waals surface area contributed by atoms with Crippen LogP contribution in [0.4, 0.5) is 16.2 Å². The van der Waals surface area contributed by atoms with E-state index >= 15 is 0 Å². The number of benzene rings is 1. The maximum atomic E-state index is 11.6. The zero-order chi connectivity index (χ0) is 13.5. The monoisotopic (exact) mass is 249 g/mol. The number of rotatable bonds is 4. The molecule has 98 valence electrons. The summed E-state index contributed by atoms with van der Waals surface area (Å²) in [5.74, 6) is -0.120. The predicted molar refractivity (Wildman–Crippen MR) is 72.7 cm³/mol. The number of amides is 3. The second-order valence-electron chi connectivity index (χ2n) is 4.17. The molecule has 3 amide bonds. The third-order valence-electron chi connectivity index (χ3n) is 2.45. The molecule has 5 heteroatoms. The van der Waals surface area contributed by atoms with Gasteiger partial charge >= 0.3 is 6.03 Å². The summed E-state index contributed by atoms with van der Waals surface area (Å²) < 4.78 is 0. The minimum atomic E-state index is -0.225. The van der Waals surface area contributed by atoms with Crippen molar-refractivity contribution in [3.05, 3.63) is 24.3 Å². The second kappa shape index (κ2) is 6.64. The molecule has 1 aromatic carbocycles. The Bertz CT molecular complexity index is 415. The summed E-state index contributed by atoms with van der Waals surface area (Å²) in [4.78, 5) is 22.4. The number of carbonyl (C=O) groups excluding carboxylic acids is 2. The van der Waals surface area contributed by atoms with E-state index in [1.807, 2.05) is 13.8 Å². The van der Waals surface area contributed by atoms with Gasteiger partial charge in [-0.15, -0.1) is 0 Å². The number of carbonyl (C=O) groups is 2. The van der Waals surface area contributed by atoms with Crippen molar-refractivity contribution in [1.82, 2.24) is 5.32 Å². The van der Waals surface area contributed by atoms with Gasteiger partial charge in [0.15, 0.2) is 0 Å². The summed E-state index contributed by atoms with van der Waals surface area (Å²) in [6, 6.07) is 6.86. The molecule has 0 aromatic heterocycles. The SMILES string of the molecule is CC[C@@H](C)NC(=O)Nc1ccc(NC(C)=O)cc1. The van der Waals surface area contributed by atoms with Crippen LogP contribution in [0, 0.1) is 0 Å². The van der Waals surface area contributed by atoms with Crippen molar-refractivity contribution in [2.45, 2.75) is 33.2 Å². The number of urea groups is 1. The number of hydrogen-bond acceptors (Lipinski definition) is 2. The quantitative estimate of drug-likeness (QED) is 0.767. The Morgan fingerprint density at radius 2 is 1.61 bits per heavy atom. The summed E-state index contributed by atoms with van der Waals surface area (Å²) in [5, 5.41) is 8.19. The highest BCUT2D eigenvalue weighted by Crippen LogP contribution is 2.13. The van der Waals surface area contributed by atoms with Gasteiger partial charge in [0.2, 0.25) is 5.91 Å². The van der Waals surface area contributed by atoms with Crippen LogP contribution in [0.3, 0.4) is 0 Å². The number of anilines is 2. The summed E-state index contributed by atoms with van der Waals surface area (Å²) >= 11 is 0. The van der Waals surface area contributed by atoms with Crippen LogP contribution in [0.5, 0.6) is 0 Å². The van der Waals surface area contributed by atoms with Gasteiger partial charge in [0.25, 0.3) is 0 Å². The van der Waals surface area contributed by atoms with Gasteiger partial charge < -0.3 is 16.0 Å². The predicted octanol–water partition coefficient (Wildman–Crippen LogP) is 2.57. The lowest BCUT2D eigenvalue weighted by molar-refractivity contribution is -0.114. The Hall–Kier alpha value is -2.04. The first-order valence-electron chi connectivity index (χ1n) is 5.96. The minimum absolute atomic E-state index is 0.120. The average Bonchev–Trinajstić information content (AvgIpc) is 2.30. The zero-order valence-electron chi connectivity index (χ0n) is 10.9. The van der Waals surface area contributed by atoms with Crippen LogP contribution in [-0.2, 0) is 4.79 Å². The van der Waals surface area contributed by atoms with Gasteiger partial charge in [0.05, 0.1) is 0 Å². The van der Waals surface area contributed by atoms with Gasteiger partial charge in [-0.1, -0.05) is 6.92 Å². The molecule has 0 fully saturated rings. The number of hydrogen-bond donors (Lipinski definition) is 3. The van der Waals surface area contributed by atoms with Gasteiger partial charge in [-0.2, -0.15) is 0 Å². The normalized spacial score (nSPS) is 11.5. The molecule has 18 heavy (non-hydrogen) atoms. The van der Waals surface area contributed by atoms with E-state index in [0.717, 1.165) is 6.42 Å². The van der Waals surface area contributed by atoms with E-state index in [0.29, 0.717) is 11.4 Å². The molecule has 1 aromatic rings. The molecule has 5 nitrogen and oxygen atoms in total. The smallest absolute Gasteiger partial charge is 0.319 e. The van der Waals surface area contributed by atoms with Crippen LogP contribution in [0.2, 0.25) is 0 Å². The number of nitrogens with one attached hydrogen (secondary N) is 3. The molecular weight excluding hydrogens is 230 g/mol. The third kappa shape index (κ3) is 4.86. The van der Waals surface area contributed by atoms with Crippen LogP contribution >= 0.6 is 0 Å². The van der Waals surface area contributed by atoms with Crippen molar-refractivity contribution in [1.29, 1.82) is 0 Å². The zero-order valence-corrected chi connectivity index (χ0v) is 10.9. The molecule has 0 radical (unpaired) electrons. The summed E-state index contributed by atoms with van der Waals surface area (Å²) in [6.45, 7) is 5.40. The van der Waals surface area contributed by atoms with E-state index in [2.05, 4.69) is 16.0 Å². The average molecular weight is 249 g/mol. The van der Waals surface area contributed by atoms with Gasteiger partial charge in [0.1, 0.15) is 0 Å². The van der Waals surface area contributed by atoms with Crippen molar-refractivity contribution in [2.24, 2.45) is 0 Å². The summed E-state index contributed by atoms with van der Waals surface area (Å²) in [5.41, 5.74) is 1.39. The van der Waals surface area contributed by atoms with Gasteiger partial charge in [-0.05, 0) is 37.6 Å². The maximum Gasteiger partial charge on any atom is 0.319 e. The van der Waals surface area contributed by atoms with E-state index in [1.165, 1.54) is 6.92 Å². The molecule has 0 heterocycles. The molecular formula is C13H19N3O2. The van der Waals surface area contributed by atoms with E-state index in [4.69, 9.17) is 0 Å². The van der Waals surface area contributed by atoms with Crippen LogP contribution in [0.15, 0.2) is 24.3 Å². The highest BCUT2D eigenvalue weighted by Gasteiger charge is 2.05. The van der Waals surface area contributed by atoms with Crippen LogP contribution in [-0.4, -0.2) is 18.0 Å². The molecule has 1 atom stereocenters. The first kappa shape index (κ1) is 14.0. The van der Waals surface area contributed by atoms with Crippen molar-refractivity contribution in [3.63, 3.8) is 0 Å². The van der Waals surface area contributed by atoms with Crippen molar-refractivity contribution >= 4 is 23.3 Å². The van der Waals surface area contributed by atoms with Crippen molar-refractivity contribution in [3.8, 4) is 0 Å². The molecule has 0 aliphatic carbocycles. The molecule has 0 unspecified atom stereocenters. The molecule has 0 spiro atoms. The largest absolute Gasteiger partial charge is 0.335 e. The Balaban J connectivity index is 2.53. The summed E-state index contributed by atoms with van der Waals surface area (Å²) in [6.07, 6.45) is 0.884. The lowest BCUT2D eigenvalue weighted by Gasteiger charge is -2.12. The lowest BCUT2D eigenvalue weighted by Crippen LogP contribution is -2.35. The van der Waals surface area contributed by atoms with Gasteiger partial charge in [0, 0.05) is 24.3 Å². The van der Waals surface area contributed by atoms with Gasteiger partial charge in [-0.3, -0.25) is 4.79 Å². The first-order valence-corrected chi connectivity index (χ1v) is 5.96. The fourth-order valence-corrected chi connectivity index (χ4v) is 1.33. The molecule has 0 aliphatic heterocycles. The topological polar surface area (TPSA) is 70.2 Å². The highest BCUT2D eigenvalue weighted by molar-refractivity contribution is 5.91. The molecule has 0 saturated carbocycles. The van der Waals surface area contributed by atoms with E-state index in [1.54, 1.807) is 24.3 Å². The fraction of sp³-hybridized carbons (Fsp3) is 0.385. The van der Waals surface area contributed by atoms with Gasteiger partial charge in [-0.25, -0.2) is 4.79 Å². The molecule has 0 saturated heterocycles. The molecule has 0 aliphatic rings. The highest BCUT2D eigenvalue weighted by atomic mass is 16.2. The maximum absolute atomic E-state index is 11.6. The second-order valence-corrected chi connectivity index (χ2v) is 4.17. The van der Waals surface area contributed by atoms with Crippen LogP contribution in [0.25, 0.3) is 0 Å². The Kier molecular flexibility index (Phi) is 5.17. The summed E-state index contributed by atoms with van der Waals surface area (Å²) in [7, 11) is 0. The first-order chi connectivity index (χ1) is 8.51. The third-order valence-corrected chi connectivity index (χ3v) is 2.45. The van der Waals surface area contributed by atoms with Crippen molar-refractivity contribution in [2.75, 3.05) is 10.6 Å². The molecule has 1 rings (SSSR count). The Morgan fingerprint density at radius 3 is 2.06 bits per heavy atom. The van der Waals surface area contributed by atoms with Crippen LogP contribution < -0.4 is 16.0 Å². The standard InChI is InChI=1S/C13H19N3O2/c1-4-9(2)14-13(18)16-12-7-5-11(6-8-12)15-10(3)17/h5-9H,4H2,1-3H3,(H,15,17)(H2,14,16,18)/t9-/m1/s1. The fourth-order valence-electron chi connectivity index (χ4n) is 1.33.